The van der Waals surface area contributed by atoms with Gasteiger partial charge in [0.05, 0.1) is 17.6 Å². The average molecular weight is 490 g/mol. The van der Waals surface area contributed by atoms with E-state index < -0.39 is 11.6 Å². The first-order valence-electron chi connectivity index (χ1n) is 12.5. The monoisotopic (exact) mass is 489 g/mol. The fourth-order valence-corrected chi connectivity index (χ4v) is 5.35. The number of halogens is 2. The van der Waals surface area contributed by atoms with Crippen molar-refractivity contribution >= 4 is 11.4 Å². The van der Waals surface area contributed by atoms with Gasteiger partial charge in [0.2, 0.25) is 0 Å². The minimum Gasteiger partial charge on any atom is -0.396 e. The van der Waals surface area contributed by atoms with Crippen molar-refractivity contribution in [3.8, 4) is 0 Å². The van der Waals surface area contributed by atoms with E-state index in [4.69, 9.17) is 4.84 Å². The molecule has 1 aromatic carbocycles. The molecule has 1 aliphatic carbocycles. The summed E-state index contributed by atoms with van der Waals surface area (Å²) in [7, 11) is 0. The topological polar surface area (TPSA) is 53.9 Å². The molecule has 3 fully saturated rings. The number of anilines is 1. The number of oxime groups is 1. The molecule has 4 heterocycles. The van der Waals surface area contributed by atoms with Gasteiger partial charge in [-0.25, -0.2) is 8.78 Å². The Kier molecular flexibility index (Phi) is 5.91. The van der Waals surface area contributed by atoms with Crippen LogP contribution in [0.4, 0.5) is 14.5 Å². The Morgan fingerprint density at radius 2 is 1.86 bits per heavy atom. The van der Waals surface area contributed by atoms with Gasteiger partial charge in [0, 0.05) is 56.1 Å². The molecule has 6 rings (SSSR count). The fourth-order valence-electron chi connectivity index (χ4n) is 5.35. The van der Waals surface area contributed by atoms with Crippen LogP contribution in [-0.2, 0) is 11.4 Å². The first kappa shape index (κ1) is 23.0. The summed E-state index contributed by atoms with van der Waals surface area (Å²) >= 11 is 0. The van der Waals surface area contributed by atoms with Crippen LogP contribution in [0.5, 0.6) is 0 Å². The molecule has 36 heavy (non-hydrogen) atoms. The van der Waals surface area contributed by atoms with Gasteiger partial charge in [-0.1, -0.05) is 11.2 Å². The first-order valence-corrected chi connectivity index (χ1v) is 12.5. The number of likely N-dealkylation sites (tertiary alicyclic amines) is 1. The smallest absolute Gasteiger partial charge is 0.159 e. The van der Waals surface area contributed by atoms with Crippen molar-refractivity contribution in [2.75, 3.05) is 37.7 Å². The molecule has 8 heteroatoms. The average Bonchev–Trinajstić information content (AvgIpc) is 3.69. The highest BCUT2D eigenvalue weighted by atomic mass is 19.2. The Balaban J connectivity index is 1.06. The number of pyridine rings is 2. The minimum absolute atomic E-state index is 0.363. The van der Waals surface area contributed by atoms with Crippen molar-refractivity contribution in [3.63, 3.8) is 0 Å². The van der Waals surface area contributed by atoms with Gasteiger partial charge in [-0.15, -0.1) is 0 Å². The van der Waals surface area contributed by atoms with Crippen LogP contribution in [-0.4, -0.2) is 53.4 Å². The number of nitrogens with zero attached hydrogens (tertiary/aromatic N) is 5. The van der Waals surface area contributed by atoms with E-state index in [1.807, 2.05) is 37.6 Å². The molecule has 2 aromatic heterocycles. The van der Waals surface area contributed by atoms with E-state index in [1.54, 1.807) is 0 Å². The lowest BCUT2D eigenvalue weighted by Gasteiger charge is -2.61. The summed E-state index contributed by atoms with van der Waals surface area (Å²) in [6.07, 6.45) is 8.43. The van der Waals surface area contributed by atoms with Crippen LogP contribution < -0.4 is 4.90 Å². The third kappa shape index (κ3) is 4.57. The maximum absolute atomic E-state index is 13.8. The first-order chi connectivity index (χ1) is 17.5. The van der Waals surface area contributed by atoms with Crippen molar-refractivity contribution < 1.29 is 13.6 Å². The molecular formula is C28H29F2N5O. The normalized spacial score (nSPS) is 19.2. The lowest BCUT2D eigenvalue weighted by Crippen LogP contribution is -2.72. The summed E-state index contributed by atoms with van der Waals surface area (Å²) in [4.78, 5) is 19.1. The molecule has 186 valence electrons. The Morgan fingerprint density at radius 3 is 2.56 bits per heavy atom. The van der Waals surface area contributed by atoms with Crippen LogP contribution in [0.25, 0.3) is 0 Å². The largest absolute Gasteiger partial charge is 0.396 e. The van der Waals surface area contributed by atoms with Crippen molar-refractivity contribution in [1.82, 2.24) is 14.9 Å². The highest BCUT2D eigenvalue weighted by molar-refractivity contribution is 6.11. The van der Waals surface area contributed by atoms with Crippen LogP contribution in [0.2, 0.25) is 0 Å². The van der Waals surface area contributed by atoms with E-state index in [9.17, 15) is 8.78 Å². The highest BCUT2D eigenvalue weighted by Crippen LogP contribution is 2.44. The van der Waals surface area contributed by atoms with E-state index in [0.29, 0.717) is 29.0 Å². The van der Waals surface area contributed by atoms with E-state index in [1.165, 1.54) is 30.2 Å². The van der Waals surface area contributed by atoms with Crippen LogP contribution in [0.1, 0.15) is 48.1 Å². The quantitative estimate of drug-likeness (QED) is 0.338. The van der Waals surface area contributed by atoms with Gasteiger partial charge >= 0.3 is 0 Å². The van der Waals surface area contributed by atoms with E-state index in [2.05, 4.69) is 31.0 Å². The Bertz CT molecular complexity index is 1280. The molecule has 0 amide bonds. The molecule has 0 atom stereocenters. The molecule has 6 nitrogen and oxygen atoms in total. The summed E-state index contributed by atoms with van der Waals surface area (Å²) in [5.74, 6) is -1.10. The molecule has 0 N–H and O–H groups in total. The maximum atomic E-state index is 13.8. The minimum atomic E-state index is -0.929. The van der Waals surface area contributed by atoms with E-state index >= 15 is 0 Å². The van der Waals surface area contributed by atoms with Crippen molar-refractivity contribution in [3.05, 3.63) is 89.0 Å². The Hall–Kier alpha value is -3.39. The SMILES string of the molecule is CCO/N=C(\c1ccc(F)c(F)c1)c1ccc(CN2CC3(C2)CN(c2cncc(C4CC4)c2)C3)cn1. The number of hydrogen-bond donors (Lipinski definition) is 0. The summed E-state index contributed by atoms with van der Waals surface area (Å²) < 4.78 is 27.2. The van der Waals surface area contributed by atoms with Crippen molar-refractivity contribution in [2.45, 2.75) is 32.2 Å². The predicted octanol–water partition coefficient (Wildman–Crippen LogP) is 4.74. The second-order valence-corrected chi connectivity index (χ2v) is 10.3. The molecule has 1 spiro atoms. The fraction of sp³-hybridized carbons (Fsp3) is 0.393. The van der Waals surface area contributed by atoms with Gasteiger partial charge < -0.3 is 9.74 Å². The third-order valence-corrected chi connectivity index (χ3v) is 7.28. The Morgan fingerprint density at radius 1 is 1.03 bits per heavy atom. The van der Waals surface area contributed by atoms with Gasteiger partial charge in [-0.05, 0) is 67.1 Å². The van der Waals surface area contributed by atoms with Gasteiger partial charge in [-0.3, -0.25) is 14.9 Å². The molecule has 3 aromatic rings. The van der Waals surface area contributed by atoms with Gasteiger partial charge in [-0.2, -0.15) is 0 Å². The zero-order valence-corrected chi connectivity index (χ0v) is 20.3. The van der Waals surface area contributed by atoms with E-state index in [-0.39, 0.29) is 0 Å². The number of benzene rings is 1. The molecule has 2 aliphatic heterocycles. The van der Waals surface area contributed by atoms with Crippen molar-refractivity contribution in [1.29, 1.82) is 0 Å². The van der Waals surface area contributed by atoms with Crippen LogP contribution in [0.15, 0.2) is 60.1 Å². The van der Waals surface area contributed by atoms with Gasteiger partial charge in [0.25, 0.3) is 0 Å². The standard InChI is InChI=1S/C28H29F2N5O/c1-2-36-33-27(21-6-7-24(29)25(30)10-21)26-8-3-19(11-32-26)14-34-15-28(16-34)17-35(18-28)23-9-22(12-31-13-23)20-4-5-20/h3,6-13,20H,2,4-5,14-18H2,1H3/b33-27+. The molecular weight excluding hydrogens is 460 g/mol. The zero-order valence-electron chi connectivity index (χ0n) is 20.3. The molecule has 0 unspecified atom stereocenters. The van der Waals surface area contributed by atoms with Gasteiger partial charge in [0.15, 0.2) is 11.6 Å². The third-order valence-electron chi connectivity index (χ3n) is 7.28. The maximum Gasteiger partial charge on any atom is 0.159 e. The highest BCUT2D eigenvalue weighted by Gasteiger charge is 2.51. The van der Waals surface area contributed by atoms with Crippen LogP contribution in [0, 0.1) is 17.0 Å². The Labute approximate surface area is 209 Å². The lowest BCUT2D eigenvalue weighted by molar-refractivity contribution is -0.0274. The number of hydrogen-bond acceptors (Lipinski definition) is 6. The molecule has 0 radical (unpaired) electrons. The predicted molar refractivity (Wildman–Crippen MR) is 134 cm³/mol. The molecule has 1 saturated carbocycles. The number of aromatic nitrogens is 2. The molecule has 2 saturated heterocycles. The van der Waals surface area contributed by atoms with Crippen LogP contribution >= 0.6 is 0 Å². The summed E-state index contributed by atoms with van der Waals surface area (Å²) in [5, 5.41) is 4.11. The lowest BCUT2D eigenvalue weighted by atomic mass is 9.72. The second kappa shape index (κ2) is 9.24. The van der Waals surface area contributed by atoms with Crippen LogP contribution in [0.3, 0.4) is 0 Å². The molecule has 3 aliphatic rings. The molecule has 0 bridgehead atoms. The summed E-state index contributed by atoms with van der Waals surface area (Å²) in [5.41, 5.74) is 5.47. The summed E-state index contributed by atoms with van der Waals surface area (Å²) in [6, 6.07) is 9.87. The zero-order chi connectivity index (χ0) is 24.7. The number of rotatable bonds is 8. The van der Waals surface area contributed by atoms with E-state index in [0.717, 1.165) is 56.3 Å². The summed E-state index contributed by atoms with van der Waals surface area (Å²) in [6.45, 7) is 7.33. The second-order valence-electron chi connectivity index (χ2n) is 10.3. The van der Waals surface area contributed by atoms with Gasteiger partial charge in [0.1, 0.15) is 12.3 Å². The van der Waals surface area contributed by atoms with Crippen molar-refractivity contribution in [2.24, 2.45) is 10.6 Å².